The van der Waals surface area contributed by atoms with Gasteiger partial charge in [-0.1, -0.05) is 6.92 Å². The Labute approximate surface area is 127 Å². The highest BCUT2D eigenvalue weighted by molar-refractivity contribution is 5.75. The van der Waals surface area contributed by atoms with Crippen LogP contribution < -0.4 is 5.32 Å². The van der Waals surface area contributed by atoms with Crippen LogP contribution in [-0.4, -0.2) is 64.3 Å². The number of carbonyl (C=O) groups is 2. The third-order valence-corrected chi connectivity index (χ3v) is 2.99. The van der Waals surface area contributed by atoms with Gasteiger partial charge in [0.2, 0.25) is 0 Å². The predicted molar refractivity (Wildman–Crippen MR) is 80.5 cm³/mol. The van der Waals surface area contributed by atoms with Crippen LogP contribution in [0.1, 0.15) is 33.1 Å². The van der Waals surface area contributed by atoms with Gasteiger partial charge >= 0.3 is 0 Å². The van der Waals surface area contributed by atoms with Gasteiger partial charge in [0.15, 0.2) is 0 Å². The second-order valence-electron chi connectivity index (χ2n) is 5.10. The molecule has 0 aromatic rings. The molecular weight excluding hydrogens is 274 g/mol. The van der Waals surface area contributed by atoms with Gasteiger partial charge in [0, 0.05) is 19.4 Å². The molecule has 6 nitrogen and oxygen atoms in total. The second-order valence-corrected chi connectivity index (χ2v) is 5.10. The summed E-state index contributed by atoms with van der Waals surface area (Å²) in [4.78, 5) is 21.2. The van der Waals surface area contributed by atoms with Crippen LogP contribution in [0.2, 0.25) is 0 Å². The van der Waals surface area contributed by atoms with Crippen molar-refractivity contribution in [2.45, 2.75) is 38.6 Å². The van der Waals surface area contributed by atoms with Crippen molar-refractivity contribution in [3.8, 4) is 0 Å². The first kappa shape index (κ1) is 20.2. The number of hydrogen-bond donors (Lipinski definition) is 1. The average molecular weight is 303 g/mol. The fourth-order valence-electron chi connectivity index (χ4n) is 1.64. The Morgan fingerprint density at radius 3 is 2.14 bits per heavy atom. The van der Waals surface area contributed by atoms with E-state index >= 15 is 0 Å². The van der Waals surface area contributed by atoms with E-state index < -0.39 is 5.54 Å². The molecule has 0 rings (SSSR count). The molecule has 0 bridgehead atoms. The zero-order valence-corrected chi connectivity index (χ0v) is 13.5. The Bertz CT molecular complexity index is 285. The maximum absolute atomic E-state index is 10.9. The van der Waals surface area contributed by atoms with Crippen molar-refractivity contribution < 1.29 is 23.8 Å². The van der Waals surface area contributed by atoms with Gasteiger partial charge in [-0.3, -0.25) is 4.79 Å². The largest absolute Gasteiger partial charge is 0.379 e. The normalized spacial score (nSPS) is 13.9. The molecule has 0 aromatic heterocycles. The molecular formula is C15H29NO5. The van der Waals surface area contributed by atoms with Crippen molar-refractivity contribution in [3.63, 3.8) is 0 Å². The lowest BCUT2D eigenvalue weighted by Crippen LogP contribution is -2.55. The smallest absolute Gasteiger partial charge is 0.132 e. The average Bonchev–Trinajstić information content (AvgIpc) is 2.47. The highest BCUT2D eigenvalue weighted by Gasteiger charge is 2.29. The van der Waals surface area contributed by atoms with Crippen molar-refractivity contribution in [2.24, 2.45) is 0 Å². The number of ketones is 1. The topological polar surface area (TPSA) is 73.9 Å². The van der Waals surface area contributed by atoms with Gasteiger partial charge in [0.1, 0.15) is 12.1 Å². The fourth-order valence-corrected chi connectivity index (χ4v) is 1.64. The van der Waals surface area contributed by atoms with Gasteiger partial charge < -0.3 is 24.3 Å². The lowest BCUT2D eigenvalue weighted by molar-refractivity contribution is -0.118. The summed E-state index contributed by atoms with van der Waals surface area (Å²) in [5.41, 5.74) is -0.463. The molecule has 21 heavy (non-hydrogen) atoms. The number of Topliss-reactive ketones (excluding diaryl/α,β-unsaturated/α-hetero) is 1. The minimum atomic E-state index is -0.463. The number of ether oxygens (including phenoxy) is 3. The molecule has 1 atom stereocenters. The summed E-state index contributed by atoms with van der Waals surface area (Å²) in [6.07, 6.45) is 2.55. The molecule has 0 saturated carbocycles. The van der Waals surface area contributed by atoms with Crippen LogP contribution in [-0.2, 0) is 23.8 Å². The van der Waals surface area contributed by atoms with Crippen LogP contribution in [0.3, 0.4) is 0 Å². The monoisotopic (exact) mass is 303 g/mol. The van der Waals surface area contributed by atoms with Crippen molar-refractivity contribution in [2.75, 3.05) is 46.7 Å². The van der Waals surface area contributed by atoms with Gasteiger partial charge in [-0.05, 0) is 20.4 Å². The molecule has 0 saturated heterocycles. The molecule has 0 aliphatic heterocycles. The lowest BCUT2D eigenvalue weighted by atomic mass is 10.0. The van der Waals surface area contributed by atoms with Crippen LogP contribution in [0.15, 0.2) is 0 Å². The van der Waals surface area contributed by atoms with E-state index in [9.17, 15) is 9.59 Å². The molecule has 0 spiro atoms. The molecule has 1 unspecified atom stereocenters. The summed E-state index contributed by atoms with van der Waals surface area (Å²) < 4.78 is 16.7. The van der Waals surface area contributed by atoms with Crippen LogP contribution in [0.4, 0.5) is 0 Å². The fraction of sp³-hybridized carbons (Fsp3) is 0.867. The van der Waals surface area contributed by atoms with Crippen LogP contribution in [0.25, 0.3) is 0 Å². The van der Waals surface area contributed by atoms with E-state index in [-0.39, 0.29) is 5.78 Å². The maximum Gasteiger partial charge on any atom is 0.132 e. The molecule has 0 fully saturated rings. The molecule has 0 amide bonds. The van der Waals surface area contributed by atoms with Gasteiger partial charge in [-0.15, -0.1) is 0 Å². The summed E-state index contributed by atoms with van der Waals surface area (Å²) in [5.74, 6) is 0.106. The molecule has 124 valence electrons. The van der Waals surface area contributed by atoms with Crippen LogP contribution >= 0.6 is 0 Å². The molecule has 6 heteroatoms. The van der Waals surface area contributed by atoms with E-state index in [4.69, 9.17) is 14.2 Å². The molecule has 0 aromatic carbocycles. The number of hydrogen-bond acceptors (Lipinski definition) is 6. The Kier molecular flexibility index (Phi) is 12.4. The number of aldehydes is 1. The van der Waals surface area contributed by atoms with Crippen molar-refractivity contribution >= 4 is 12.1 Å². The first-order chi connectivity index (χ1) is 10.1. The quantitative estimate of drug-likeness (QED) is 0.359. The highest BCUT2D eigenvalue weighted by atomic mass is 16.5. The van der Waals surface area contributed by atoms with E-state index in [0.29, 0.717) is 52.5 Å². The van der Waals surface area contributed by atoms with Crippen molar-refractivity contribution in [1.82, 2.24) is 5.32 Å². The van der Waals surface area contributed by atoms with Crippen LogP contribution in [0.5, 0.6) is 0 Å². The summed E-state index contributed by atoms with van der Waals surface area (Å²) in [6, 6.07) is 0. The highest BCUT2D eigenvalue weighted by Crippen LogP contribution is 2.09. The predicted octanol–water partition coefficient (Wildman–Crippen LogP) is 0.973. The van der Waals surface area contributed by atoms with Gasteiger partial charge in [0.05, 0.1) is 38.6 Å². The van der Waals surface area contributed by atoms with E-state index in [1.54, 1.807) is 6.92 Å². The molecule has 1 N–H and O–H groups in total. The van der Waals surface area contributed by atoms with E-state index in [1.807, 2.05) is 14.0 Å². The first-order valence-corrected chi connectivity index (χ1v) is 7.45. The third-order valence-electron chi connectivity index (χ3n) is 2.99. The Balaban J connectivity index is 4.31. The second kappa shape index (κ2) is 12.9. The summed E-state index contributed by atoms with van der Waals surface area (Å²) in [6.45, 7) is 6.27. The van der Waals surface area contributed by atoms with E-state index in [0.717, 1.165) is 12.7 Å². The number of carbonyl (C=O) groups excluding carboxylic acids is 2. The summed E-state index contributed by atoms with van der Waals surface area (Å²) >= 11 is 0. The molecule has 0 aliphatic rings. The Morgan fingerprint density at radius 1 is 1.10 bits per heavy atom. The Hall–Kier alpha value is -0.820. The maximum atomic E-state index is 10.9. The van der Waals surface area contributed by atoms with E-state index in [2.05, 4.69) is 5.32 Å². The zero-order valence-electron chi connectivity index (χ0n) is 13.5. The van der Waals surface area contributed by atoms with Gasteiger partial charge in [-0.2, -0.15) is 0 Å². The number of nitrogens with one attached hydrogen (secondary N) is 1. The molecule has 0 heterocycles. The first-order valence-electron chi connectivity index (χ1n) is 7.45. The summed E-state index contributed by atoms with van der Waals surface area (Å²) in [5, 5.41) is 3.19. The lowest BCUT2D eigenvalue weighted by Gasteiger charge is -2.32. The third kappa shape index (κ3) is 10.5. The van der Waals surface area contributed by atoms with Gasteiger partial charge in [-0.25, -0.2) is 0 Å². The standard InChI is InChI=1S/C15H29NO5/c1-4-8-19-11-15(16-3,12-20-9-5-7-17)13-21-10-6-14(2)18/h7,16H,4-6,8-13H2,1-3H3. The zero-order chi connectivity index (χ0) is 16.0. The minimum absolute atomic E-state index is 0.106. The minimum Gasteiger partial charge on any atom is -0.379 e. The Morgan fingerprint density at radius 2 is 1.67 bits per heavy atom. The number of rotatable bonds is 15. The SMILES string of the molecule is CCCOCC(COCCC=O)(COCCC(C)=O)NC. The van der Waals surface area contributed by atoms with Gasteiger partial charge in [0.25, 0.3) is 0 Å². The van der Waals surface area contributed by atoms with Crippen LogP contribution in [0, 0.1) is 0 Å². The molecule has 0 aliphatic carbocycles. The summed E-state index contributed by atoms with van der Waals surface area (Å²) in [7, 11) is 1.83. The van der Waals surface area contributed by atoms with E-state index in [1.165, 1.54) is 0 Å². The number of likely N-dealkylation sites (N-methyl/N-ethyl adjacent to an activating group) is 1. The van der Waals surface area contributed by atoms with Crippen molar-refractivity contribution in [3.05, 3.63) is 0 Å². The molecule has 0 radical (unpaired) electrons. The van der Waals surface area contributed by atoms with Crippen molar-refractivity contribution in [1.29, 1.82) is 0 Å².